The van der Waals surface area contributed by atoms with Crippen LogP contribution in [0.2, 0.25) is 0 Å². The number of halogens is 3. The summed E-state index contributed by atoms with van der Waals surface area (Å²) < 4.78 is 44.0. The molecule has 178 valence electrons. The Kier molecular flexibility index (Phi) is 8.39. The molecule has 0 aliphatic rings. The van der Waals surface area contributed by atoms with E-state index in [9.17, 15) is 18.0 Å². The maximum Gasteiger partial charge on any atom is 0.416 e. The van der Waals surface area contributed by atoms with Gasteiger partial charge in [0.1, 0.15) is 5.75 Å². The number of ether oxygens (including phenoxy) is 1. The van der Waals surface area contributed by atoms with Crippen LogP contribution in [-0.4, -0.2) is 22.7 Å². The van der Waals surface area contributed by atoms with Crippen LogP contribution in [0.4, 0.5) is 13.2 Å². The molecule has 0 saturated carbocycles. The Morgan fingerprint density at radius 1 is 1.12 bits per heavy atom. The molecule has 0 aliphatic heterocycles. The van der Waals surface area contributed by atoms with Gasteiger partial charge in [0.25, 0.3) is 0 Å². The second kappa shape index (κ2) is 11.2. The molecule has 0 bridgehead atoms. The zero-order valence-corrected chi connectivity index (χ0v) is 19.5. The zero-order chi connectivity index (χ0) is 24.7. The van der Waals surface area contributed by atoms with Crippen LogP contribution in [-0.2, 0) is 11.0 Å². The number of rotatable bonds is 9. The third-order valence-corrected chi connectivity index (χ3v) is 5.94. The molecule has 1 N–H and O–H groups in total. The number of nitrogens with zero attached hydrogens (tertiary/aromatic N) is 1. The lowest BCUT2D eigenvalue weighted by Gasteiger charge is -2.12. The van der Waals surface area contributed by atoms with Gasteiger partial charge in [-0.2, -0.15) is 13.2 Å². The van der Waals surface area contributed by atoms with E-state index in [0.717, 1.165) is 46.0 Å². The SMILES string of the molecule is CCC/C=C(/Sc1ccc(OCC(=O)O)c(C)c1)c1cccc(-c2ccc(C(F)(F)F)cc2)n1. The van der Waals surface area contributed by atoms with Crippen molar-refractivity contribution >= 4 is 22.6 Å². The Morgan fingerprint density at radius 2 is 1.85 bits per heavy atom. The van der Waals surface area contributed by atoms with Crippen LogP contribution in [0.5, 0.6) is 5.75 Å². The summed E-state index contributed by atoms with van der Waals surface area (Å²) >= 11 is 1.52. The van der Waals surface area contributed by atoms with Gasteiger partial charge in [0.05, 0.1) is 17.0 Å². The van der Waals surface area contributed by atoms with E-state index >= 15 is 0 Å². The van der Waals surface area contributed by atoms with Crippen molar-refractivity contribution in [3.8, 4) is 17.0 Å². The number of carboxylic acid groups (broad SMARTS) is 1. The Bertz CT molecular complexity index is 1170. The monoisotopic (exact) mass is 487 g/mol. The molecule has 0 unspecified atom stereocenters. The number of hydrogen-bond donors (Lipinski definition) is 1. The summed E-state index contributed by atoms with van der Waals surface area (Å²) in [6.07, 6.45) is -0.502. The first-order chi connectivity index (χ1) is 16.2. The van der Waals surface area contributed by atoms with Crippen molar-refractivity contribution in [2.24, 2.45) is 0 Å². The molecule has 0 spiro atoms. The maximum absolute atomic E-state index is 12.9. The summed E-state index contributed by atoms with van der Waals surface area (Å²) in [6, 6.07) is 16.0. The number of alkyl halides is 3. The first kappa shape index (κ1) is 25.4. The molecule has 0 fully saturated rings. The molecule has 4 nitrogen and oxygen atoms in total. The number of hydrogen-bond acceptors (Lipinski definition) is 4. The second-order valence-corrected chi connectivity index (χ2v) is 8.67. The number of aromatic nitrogens is 1. The minimum absolute atomic E-state index is 0.407. The number of carbonyl (C=O) groups is 1. The van der Waals surface area contributed by atoms with E-state index in [0.29, 0.717) is 17.0 Å². The third-order valence-electron chi connectivity index (χ3n) is 4.85. The Labute approximate surface area is 200 Å². The van der Waals surface area contributed by atoms with Gasteiger partial charge in [-0.3, -0.25) is 0 Å². The number of unbranched alkanes of at least 4 members (excludes halogenated alkanes) is 1. The van der Waals surface area contributed by atoms with E-state index in [2.05, 4.69) is 13.0 Å². The lowest BCUT2D eigenvalue weighted by molar-refractivity contribution is -0.139. The molecule has 0 radical (unpaired) electrons. The molecule has 3 rings (SSSR count). The molecule has 1 heterocycles. The Morgan fingerprint density at radius 3 is 2.47 bits per heavy atom. The number of pyridine rings is 1. The summed E-state index contributed by atoms with van der Waals surface area (Å²) in [5, 5.41) is 8.81. The number of carboxylic acids is 1. The minimum Gasteiger partial charge on any atom is -0.482 e. The van der Waals surface area contributed by atoms with Gasteiger partial charge in [0.15, 0.2) is 6.61 Å². The molecule has 0 saturated heterocycles. The highest BCUT2D eigenvalue weighted by molar-refractivity contribution is 8.08. The van der Waals surface area contributed by atoms with E-state index in [4.69, 9.17) is 14.8 Å². The van der Waals surface area contributed by atoms with E-state index < -0.39 is 24.3 Å². The van der Waals surface area contributed by atoms with E-state index in [1.54, 1.807) is 12.1 Å². The average Bonchev–Trinajstić information content (AvgIpc) is 2.80. The van der Waals surface area contributed by atoms with Gasteiger partial charge in [-0.1, -0.05) is 49.4 Å². The van der Waals surface area contributed by atoms with E-state index in [1.165, 1.54) is 23.9 Å². The highest BCUT2D eigenvalue weighted by Crippen LogP contribution is 2.37. The smallest absolute Gasteiger partial charge is 0.416 e. The fraction of sp³-hybridized carbons (Fsp3) is 0.231. The van der Waals surface area contributed by atoms with Crippen molar-refractivity contribution in [2.45, 2.75) is 37.8 Å². The highest BCUT2D eigenvalue weighted by atomic mass is 32.2. The van der Waals surface area contributed by atoms with Crippen LogP contribution in [0.3, 0.4) is 0 Å². The second-order valence-electron chi connectivity index (χ2n) is 7.55. The summed E-state index contributed by atoms with van der Waals surface area (Å²) in [7, 11) is 0. The Hall–Kier alpha value is -3.26. The van der Waals surface area contributed by atoms with Gasteiger partial charge < -0.3 is 9.84 Å². The molecule has 1 aromatic heterocycles. The van der Waals surface area contributed by atoms with E-state index in [1.807, 2.05) is 31.2 Å². The zero-order valence-electron chi connectivity index (χ0n) is 18.7. The molecule has 0 amide bonds. The number of thioether (sulfide) groups is 1. The topological polar surface area (TPSA) is 59.4 Å². The van der Waals surface area contributed by atoms with Crippen LogP contribution >= 0.6 is 11.8 Å². The molecule has 34 heavy (non-hydrogen) atoms. The number of aliphatic carboxylic acids is 1. The third kappa shape index (κ3) is 6.87. The van der Waals surface area contributed by atoms with Gasteiger partial charge in [0.2, 0.25) is 0 Å². The molecular weight excluding hydrogens is 463 g/mol. The molecule has 0 aliphatic carbocycles. The first-order valence-electron chi connectivity index (χ1n) is 10.7. The number of allylic oxidation sites excluding steroid dienone is 1. The molecule has 3 aromatic rings. The minimum atomic E-state index is -4.38. The molecule has 0 atom stereocenters. The lowest BCUT2D eigenvalue weighted by atomic mass is 10.1. The van der Waals surface area contributed by atoms with Crippen LogP contribution < -0.4 is 4.74 Å². The summed E-state index contributed by atoms with van der Waals surface area (Å²) in [4.78, 5) is 17.3. The standard InChI is InChI=1S/C26H24F3NO3S/c1-3-4-8-24(34-20-13-14-23(17(2)15-20)33-16-25(31)32)22-7-5-6-21(30-22)18-9-11-19(12-10-18)26(27,28)29/h5-15H,3-4,16H2,1-2H3,(H,31,32)/b24-8+. The van der Waals surface area contributed by atoms with E-state index in [-0.39, 0.29) is 0 Å². The lowest BCUT2D eigenvalue weighted by Crippen LogP contribution is -2.09. The van der Waals surface area contributed by atoms with Crippen molar-refractivity contribution < 1.29 is 27.8 Å². The van der Waals surface area contributed by atoms with Crippen LogP contribution in [0, 0.1) is 6.92 Å². The van der Waals surface area contributed by atoms with Crippen LogP contribution in [0.1, 0.15) is 36.6 Å². The largest absolute Gasteiger partial charge is 0.482 e. The van der Waals surface area contributed by atoms with Crippen molar-refractivity contribution in [1.29, 1.82) is 0 Å². The highest BCUT2D eigenvalue weighted by Gasteiger charge is 2.30. The normalized spacial score (nSPS) is 12.0. The predicted molar refractivity (Wildman–Crippen MR) is 128 cm³/mol. The van der Waals surface area contributed by atoms with Crippen molar-refractivity contribution in [3.05, 3.63) is 83.6 Å². The maximum atomic E-state index is 12.9. The van der Waals surface area contributed by atoms with Gasteiger partial charge in [-0.25, -0.2) is 9.78 Å². The summed E-state index contributed by atoms with van der Waals surface area (Å²) in [5.41, 5.74) is 2.03. The molecule has 8 heteroatoms. The van der Waals surface area contributed by atoms with Gasteiger partial charge in [-0.05, 0) is 61.4 Å². The quantitative estimate of drug-likeness (QED) is 0.317. The first-order valence-corrected chi connectivity index (χ1v) is 11.5. The average molecular weight is 488 g/mol. The number of aryl methyl sites for hydroxylation is 1. The predicted octanol–water partition coefficient (Wildman–Crippen LogP) is 7.47. The van der Waals surface area contributed by atoms with Gasteiger partial charge in [-0.15, -0.1) is 0 Å². The van der Waals surface area contributed by atoms with Crippen molar-refractivity contribution in [2.75, 3.05) is 6.61 Å². The van der Waals surface area contributed by atoms with Crippen LogP contribution in [0.25, 0.3) is 16.2 Å². The molecular formula is C26H24F3NO3S. The summed E-state index contributed by atoms with van der Waals surface area (Å²) in [5.74, 6) is -0.532. The van der Waals surface area contributed by atoms with Crippen molar-refractivity contribution in [3.63, 3.8) is 0 Å². The summed E-state index contributed by atoms with van der Waals surface area (Å²) in [6.45, 7) is 3.51. The number of benzene rings is 2. The fourth-order valence-electron chi connectivity index (χ4n) is 3.15. The molecule has 2 aromatic carbocycles. The van der Waals surface area contributed by atoms with Gasteiger partial charge in [0, 0.05) is 15.4 Å². The van der Waals surface area contributed by atoms with Crippen LogP contribution in [0.15, 0.2) is 71.6 Å². The van der Waals surface area contributed by atoms with Crippen molar-refractivity contribution in [1.82, 2.24) is 4.98 Å². The fourth-order valence-corrected chi connectivity index (χ4v) is 4.20. The van der Waals surface area contributed by atoms with Gasteiger partial charge >= 0.3 is 12.1 Å². The Balaban J connectivity index is 1.86.